The van der Waals surface area contributed by atoms with Gasteiger partial charge in [-0.15, -0.1) is 0 Å². The summed E-state index contributed by atoms with van der Waals surface area (Å²) in [6.07, 6.45) is 0. The second-order valence-electron chi connectivity index (χ2n) is 10.8. The summed E-state index contributed by atoms with van der Waals surface area (Å²) in [5.74, 6) is 0. The SMILES string of the molecule is Cc1cccc(-n2c3ccccc3c3cc(-c4ccc5c(c4)c4ccccc4n5-c4cccc(C)c4)ccc32)c1. The van der Waals surface area contributed by atoms with Crippen LogP contribution in [-0.4, -0.2) is 9.13 Å². The summed E-state index contributed by atoms with van der Waals surface area (Å²) < 4.78 is 4.78. The zero-order valence-electron chi connectivity index (χ0n) is 22.6. The molecule has 190 valence electrons. The number of aryl methyl sites for hydroxylation is 2. The number of nitrogens with zero attached hydrogens (tertiary/aromatic N) is 2. The lowest BCUT2D eigenvalue weighted by Crippen LogP contribution is -1.94. The number of rotatable bonds is 3. The van der Waals surface area contributed by atoms with Crippen LogP contribution >= 0.6 is 0 Å². The Morgan fingerprint density at radius 2 is 0.775 bits per heavy atom. The lowest BCUT2D eigenvalue weighted by molar-refractivity contribution is 1.17. The van der Waals surface area contributed by atoms with Gasteiger partial charge < -0.3 is 9.13 Å². The van der Waals surface area contributed by atoms with E-state index in [1.54, 1.807) is 0 Å². The van der Waals surface area contributed by atoms with Crippen molar-refractivity contribution in [2.24, 2.45) is 0 Å². The van der Waals surface area contributed by atoms with Crippen LogP contribution in [0.5, 0.6) is 0 Å². The summed E-state index contributed by atoms with van der Waals surface area (Å²) in [6.45, 7) is 4.31. The first-order valence-corrected chi connectivity index (χ1v) is 13.9. The van der Waals surface area contributed by atoms with Gasteiger partial charge in [0.25, 0.3) is 0 Å². The number of para-hydroxylation sites is 2. The van der Waals surface area contributed by atoms with Crippen LogP contribution < -0.4 is 0 Å². The molecule has 0 saturated carbocycles. The zero-order chi connectivity index (χ0) is 26.8. The highest BCUT2D eigenvalue weighted by Gasteiger charge is 2.16. The summed E-state index contributed by atoms with van der Waals surface area (Å²) >= 11 is 0. The van der Waals surface area contributed by atoms with Gasteiger partial charge >= 0.3 is 0 Å². The third-order valence-corrected chi connectivity index (χ3v) is 8.20. The second-order valence-corrected chi connectivity index (χ2v) is 10.8. The van der Waals surface area contributed by atoms with Gasteiger partial charge in [0.2, 0.25) is 0 Å². The van der Waals surface area contributed by atoms with Crippen molar-refractivity contribution < 1.29 is 0 Å². The van der Waals surface area contributed by atoms with Crippen molar-refractivity contribution in [2.45, 2.75) is 13.8 Å². The van der Waals surface area contributed by atoms with Crippen molar-refractivity contribution in [3.63, 3.8) is 0 Å². The molecule has 6 aromatic carbocycles. The molecule has 0 amide bonds. The summed E-state index contributed by atoms with van der Waals surface area (Å²) in [4.78, 5) is 0. The third kappa shape index (κ3) is 3.43. The van der Waals surface area contributed by atoms with Crippen LogP contribution in [0.4, 0.5) is 0 Å². The first-order valence-electron chi connectivity index (χ1n) is 13.9. The van der Waals surface area contributed by atoms with Gasteiger partial charge in [-0.2, -0.15) is 0 Å². The Morgan fingerprint density at radius 1 is 0.350 bits per heavy atom. The molecule has 0 aliphatic carbocycles. The smallest absolute Gasteiger partial charge is 0.0541 e. The molecular formula is C38H28N2. The van der Waals surface area contributed by atoms with Gasteiger partial charge in [0.15, 0.2) is 0 Å². The summed E-state index contributed by atoms with van der Waals surface area (Å²) in [5.41, 5.74) is 12.3. The molecular weight excluding hydrogens is 484 g/mol. The molecule has 0 aliphatic heterocycles. The van der Waals surface area contributed by atoms with Crippen LogP contribution in [0.25, 0.3) is 66.1 Å². The standard InChI is InChI=1S/C38H28N2/c1-25-9-7-11-29(21-25)39-35-15-5-3-13-31(35)33-23-27(17-19-37(33)39)28-18-20-38-34(24-28)32-14-4-6-16-36(32)40(38)30-12-8-10-26(2)22-30/h3-24H,1-2H3. The summed E-state index contributed by atoms with van der Waals surface area (Å²) in [6, 6.07) is 48.8. The normalized spacial score (nSPS) is 11.8. The van der Waals surface area contributed by atoms with E-state index in [1.165, 1.54) is 77.2 Å². The molecule has 2 aromatic heterocycles. The van der Waals surface area contributed by atoms with Crippen LogP contribution in [0, 0.1) is 13.8 Å². The fourth-order valence-corrected chi connectivity index (χ4v) is 6.40. The topological polar surface area (TPSA) is 9.86 Å². The summed E-state index contributed by atoms with van der Waals surface area (Å²) in [5, 5.41) is 5.10. The van der Waals surface area contributed by atoms with Gasteiger partial charge in [0.1, 0.15) is 0 Å². The summed E-state index contributed by atoms with van der Waals surface area (Å²) in [7, 11) is 0. The fraction of sp³-hybridized carbons (Fsp3) is 0.0526. The van der Waals surface area contributed by atoms with E-state index >= 15 is 0 Å². The maximum absolute atomic E-state index is 2.39. The first-order chi connectivity index (χ1) is 19.7. The highest BCUT2D eigenvalue weighted by atomic mass is 15.0. The molecule has 2 heteroatoms. The largest absolute Gasteiger partial charge is 0.309 e. The Hall–Kier alpha value is -5.08. The van der Waals surface area contributed by atoms with E-state index in [1.807, 2.05) is 0 Å². The monoisotopic (exact) mass is 512 g/mol. The van der Waals surface area contributed by atoms with Crippen molar-refractivity contribution in [3.8, 4) is 22.5 Å². The lowest BCUT2D eigenvalue weighted by Gasteiger charge is -2.10. The van der Waals surface area contributed by atoms with Crippen LogP contribution in [0.3, 0.4) is 0 Å². The molecule has 0 N–H and O–H groups in total. The van der Waals surface area contributed by atoms with E-state index < -0.39 is 0 Å². The van der Waals surface area contributed by atoms with E-state index in [-0.39, 0.29) is 0 Å². The van der Waals surface area contributed by atoms with Crippen molar-refractivity contribution in [1.29, 1.82) is 0 Å². The Kier molecular flexibility index (Phi) is 4.99. The Bertz CT molecular complexity index is 2080. The minimum absolute atomic E-state index is 1.20. The van der Waals surface area contributed by atoms with E-state index in [9.17, 15) is 0 Å². The number of fused-ring (bicyclic) bond motifs is 6. The maximum atomic E-state index is 2.39. The molecule has 8 aromatic rings. The number of benzene rings is 6. The second kappa shape index (κ2) is 8.72. The minimum Gasteiger partial charge on any atom is -0.309 e. The van der Waals surface area contributed by atoms with E-state index in [2.05, 4.69) is 156 Å². The average Bonchev–Trinajstić information content (AvgIpc) is 3.49. The van der Waals surface area contributed by atoms with Crippen molar-refractivity contribution in [1.82, 2.24) is 9.13 Å². The molecule has 0 fully saturated rings. The Labute approximate surface area is 233 Å². The number of hydrogen-bond donors (Lipinski definition) is 0. The molecule has 0 atom stereocenters. The van der Waals surface area contributed by atoms with E-state index in [4.69, 9.17) is 0 Å². The van der Waals surface area contributed by atoms with Gasteiger partial charge in [0, 0.05) is 32.9 Å². The quantitative estimate of drug-likeness (QED) is 0.223. The van der Waals surface area contributed by atoms with Crippen LogP contribution in [0.1, 0.15) is 11.1 Å². The Morgan fingerprint density at radius 3 is 1.23 bits per heavy atom. The number of aromatic nitrogens is 2. The highest BCUT2D eigenvalue weighted by Crippen LogP contribution is 2.38. The molecule has 0 spiro atoms. The first kappa shape index (κ1) is 22.9. The minimum atomic E-state index is 1.20. The van der Waals surface area contributed by atoms with Gasteiger partial charge in [-0.1, -0.05) is 72.8 Å². The molecule has 0 unspecified atom stereocenters. The van der Waals surface area contributed by atoms with Crippen LogP contribution in [0.2, 0.25) is 0 Å². The molecule has 2 nitrogen and oxygen atoms in total. The van der Waals surface area contributed by atoms with Crippen molar-refractivity contribution in [2.75, 3.05) is 0 Å². The van der Waals surface area contributed by atoms with Crippen LogP contribution in [0.15, 0.2) is 133 Å². The molecule has 0 saturated heterocycles. The molecule has 0 radical (unpaired) electrons. The lowest BCUT2D eigenvalue weighted by atomic mass is 10.0. The van der Waals surface area contributed by atoms with Gasteiger partial charge in [-0.25, -0.2) is 0 Å². The average molecular weight is 513 g/mol. The predicted octanol–water partition coefficient (Wildman–Crippen LogP) is 10.2. The molecule has 0 bridgehead atoms. The molecule has 2 heterocycles. The molecule has 40 heavy (non-hydrogen) atoms. The molecule has 8 rings (SSSR count). The zero-order valence-corrected chi connectivity index (χ0v) is 22.6. The third-order valence-electron chi connectivity index (χ3n) is 8.20. The fourth-order valence-electron chi connectivity index (χ4n) is 6.40. The Balaban J connectivity index is 1.35. The molecule has 0 aliphatic rings. The predicted molar refractivity (Wildman–Crippen MR) is 170 cm³/mol. The number of hydrogen-bond acceptors (Lipinski definition) is 0. The highest BCUT2D eigenvalue weighted by molar-refractivity contribution is 6.12. The van der Waals surface area contributed by atoms with E-state index in [0.717, 1.165) is 0 Å². The van der Waals surface area contributed by atoms with Crippen molar-refractivity contribution in [3.05, 3.63) is 145 Å². The maximum Gasteiger partial charge on any atom is 0.0541 e. The van der Waals surface area contributed by atoms with E-state index in [0.29, 0.717) is 0 Å². The van der Waals surface area contributed by atoms with Crippen LogP contribution in [-0.2, 0) is 0 Å². The van der Waals surface area contributed by atoms with Gasteiger partial charge in [0.05, 0.1) is 22.1 Å². The van der Waals surface area contributed by atoms with Gasteiger partial charge in [-0.05, 0) is 96.8 Å². The van der Waals surface area contributed by atoms with Gasteiger partial charge in [-0.3, -0.25) is 0 Å². The van der Waals surface area contributed by atoms with Crippen molar-refractivity contribution >= 4 is 43.6 Å².